The highest BCUT2D eigenvalue weighted by Gasteiger charge is 2.18. The predicted molar refractivity (Wildman–Crippen MR) is 77.0 cm³/mol. The lowest BCUT2D eigenvalue weighted by Crippen LogP contribution is -2.33. The molecule has 4 nitrogen and oxygen atoms in total. The molecule has 0 unspecified atom stereocenters. The third kappa shape index (κ3) is 3.75. The molecule has 1 aliphatic rings. The second-order valence-corrected chi connectivity index (χ2v) is 5.34. The number of nitrogen functional groups attached to an aromatic ring is 1. The fourth-order valence-corrected chi connectivity index (χ4v) is 2.71. The molecule has 0 bridgehead atoms. The molecule has 5 heteroatoms. The van der Waals surface area contributed by atoms with Crippen LogP contribution >= 0.6 is 11.6 Å². The molecule has 0 aliphatic heterocycles. The van der Waals surface area contributed by atoms with Gasteiger partial charge in [0.25, 0.3) is 0 Å². The zero-order valence-corrected chi connectivity index (χ0v) is 11.6. The molecule has 100 valence electrons. The van der Waals surface area contributed by atoms with Crippen LogP contribution in [0.15, 0.2) is 12.1 Å². The van der Waals surface area contributed by atoms with Gasteiger partial charge in [0.05, 0.1) is 0 Å². The molecule has 0 aromatic carbocycles. The van der Waals surface area contributed by atoms with Crippen LogP contribution in [0.25, 0.3) is 0 Å². The second kappa shape index (κ2) is 6.25. The van der Waals surface area contributed by atoms with Crippen molar-refractivity contribution >= 4 is 23.1 Å². The van der Waals surface area contributed by atoms with E-state index in [9.17, 15) is 0 Å². The Hall–Kier alpha value is -1.00. The maximum atomic E-state index is 5.85. The monoisotopic (exact) mass is 268 g/mol. The van der Waals surface area contributed by atoms with E-state index in [-0.39, 0.29) is 0 Å². The van der Waals surface area contributed by atoms with Crippen LogP contribution in [0.3, 0.4) is 0 Å². The molecule has 1 aliphatic carbocycles. The normalized spacial score (nSPS) is 16.4. The third-order valence-corrected chi connectivity index (χ3v) is 3.73. The quantitative estimate of drug-likeness (QED) is 0.806. The number of hydrogen-bond donors (Lipinski definition) is 2. The predicted octanol–water partition coefficient (Wildman–Crippen LogP) is 2.60. The van der Waals surface area contributed by atoms with E-state index in [0.717, 1.165) is 24.9 Å². The van der Waals surface area contributed by atoms with Crippen molar-refractivity contribution in [3.63, 3.8) is 0 Å². The summed E-state index contributed by atoms with van der Waals surface area (Å²) in [5.74, 6) is 0.750. The molecule has 1 saturated carbocycles. The molecule has 0 radical (unpaired) electrons. The minimum atomic E-state index is 0.432. The van der Waals surface area contributed by atoms with Gasteiger partial charge < -0.3 is 16.0 Å². The molecular weight excluding hydrogens is 248 g/mol. The van der Waals surface area contributed by atoms with Crippen molar-refractivity contribution in [2.45, 2.75) is 31.7 Å². The minimum absolute atomic E-state index is 0.432. The SMILES string of the molecule is CN(CCNc1cc(N)cc(Cl)n1)C1CCCC1. The van der Waals surface area contributed by atoms with E-state index in [2.05, 4.69) is 22.2 Å². The number of nitrogens with zero attached hydrogens (tertiary/aromatic N) is 2. The average Bonchev–Trinajstić information content (AvgIpc) is 2.80. The zero-order chi connectivity index (χ0) is 13.0. The highest BCUT2D eigenvalue weighted by Crippen LogP contribution is 2.22. The van der Waals surface area contributed by atoms with E-state index < -0.39 is 0 Å². The van der Waals surface area contributed by atoms with Crippen LogP contribution in [-0.4, -0.2) is 36.1 Å². The Bertz CT molecular complexity index is 370. The summed E-state index contributed by atoms with van der Waals surface area (Å²) in [6.45, 7) is 1.87. The standard InChI is InChI=1S/C13H21ClN4/c1-18(11-4-2-3-5-11)7-6-16-13-9-10(15)8-12(14)17-13/h8-9,11H,2-7H2,1H3,(H3,15,16,17). The molecule has 0 amide bonds. The summed E-state index contributed by atoms with van der Waals surface area (Å²) in [4.78, 5) is 6.61. The Morgan fingerprint density at radius 2 is 2.17 bits per heavy atom. The van der Waals surface area contributed by atoms with Crippen LogP contribution in [0.5, 0.6) is 0 Å². The molecule has 18 heavy (non-hydrogen) atoms. The van der Waals surface area contributed by atoms with E-state index in [0.29, 0.717) is 10.8 Å². The number of hydrogen-bond acceptors (Lipinski definition) is 4. The fourth-order valence-electron chi connectivity index (χ4n) is 2.50. The van der Waals surface area contributed by atoms with Crippen LogP contribution in [0.2, 0.25) is 5.15 Å². The van der Waals surface area contributed by atoms with Crippen molar-refractivity contribution in [1.82, 2.24) is 9.88 Å². The summed E-state index contributed by atoms with van der Waals surface area (Å²) in [5, 5.41) is 3.70. The molecule has 1 fully saturated rings. The first-order valence-corrected chi connectivity index (χ1v) is 6.90. The zero-order valence-electron chi connectivity index (χ0n) is 10.8. The summed E-state index contributed by atoms with van der Waals surface area (Å²) in [6.07, 6.45) is 5.40. The first-order valence-electron chi connectivity index (χ1n) is 6.52. The largest absolute Gasteiger partial charge is 0.399 e. The average molecular weight is 269 g/mol. The first kappa shape index (κ1) is 13.4. The van der Waals surface area contributed by atoms with Gasteiger partial charge in [-0.15, -0.1) is 0 Å². The highest BCUT2D eigenvalue weighted by molar-refractivity contribution is 6.29. The van der Waals surface area contributed by atoms with Crippen molar-refractivity contribution in [2.24, 2.45) is 0 Å². The topological polar surface area (TPSA) is 54.2 Å². The van der Waals surface area contributed by atoms with Gasteiger partial charge in [-0.25, -0.2) is 4.98 Å². The van der Waals surface area contributed by atoms with E-state index in [4.69, 9.17) is 17.3 Å². The summed E-state index contributed by atoms with van der Waals surface area (Å²) < 4.78 is 0. The van der Waals surface area contributed by atoms with Crippen molar-refractivity contribution < 1.29 is 0 Å². The molecule has 2 rings (SSSR count). The van der Waals surface area contributed by atoms with Gasteiger partial charge in [0.2, 0.25) is 0 Å². The van der Waals surface area contributed by atoms with Crippen molar-refractivity contribution in [3.05, 3.63) is 17.3 Å². The lowest BCUT2D eigenvalue weighted by atomic mass is 10.2. The highest BCUT2D eigenvalue weighted by atomic mass is 35.5. The van der Waals surface area contributed by atoms with Crippen molar-refractivity contribution in [1.29, 1.82) is 0 Å². The van der Waals surface area contributed by atoms with Gasteiger partial charge in [-0.05, 0) is 26.0 Å². The number of nitrogens with two attached hydrogens (primary N) is 1. The van der Waals surface area contributed by atoms with Crippen molar-refractivity contribution in [3.8, 4) is 0 Å². The first-order chi connectivity index (χ1) is 8.65. The number of nitrogens with one attached hydrogen (secondary N) is 1. The molecule has 1 heterocycles. The van der Waals surface area contributed by atoms with Gasteiger partial charge >= 0.3 is 0 Å². The number of likely N-dealkylation sites (N-methyl/N-ethyl adjacent to an activating group) is 1. The number of anilines is 2. The Morgan fingerprint density at radius 1 is 1.44 bits per heavy atom. The molecule has 3 N–H and O–H groups in total. The molecule has 0 spiro atoms. The van der Waals surface area contributed by atoms with Crippen LogP contribution < -0.4 is 11.1 Å². The Balaban J connectivity index is 1.77. The second-order valence-electron chi connectivity index (χ2n) is 4.95. The summed E-state index contributed by atoms with van der Waals surface area (Å²) in [5.41, 5.74) is 6.36. The van der Waals surface area contributed by atoms with Gasteiger partial charge in [0, 0.05) is 30.9 Å². The van der Waals surface area contributed by atoms with Gasteiger partial charge in [0.1, 0.15) is 11.0 Å². The van der Waals surface area contributed by atoms with Gasteiger partial charge in [-0.1, -0.05) is 24.4 Å². The lowest BCUT2D eigenvalue weighted by molar-refractivity contribution is 0.254. The maximum absolute atomic E-state index is 5.85. The van der Waals surface area contributed by atoms with Gasteiger partial charge in [0.15, 0.2) is 0 Å². The van der Waals surface area contributed by atoms with Crippen LogP contribution in [0.4, 0.5) is 11.5 Å². The summed E-state index contributed by atoms with van der Waals surface area (Å²) in [7, 11) is 2.19. The number of halogens is 1. The van der Waals surface area contributed by atoms with Crippen LogP contribution in [-0.2, 0) is 0 Å². The number of pyridine rings is 1. The van der Waals surface area contributed by atoms with E-state index in [1.54, 1.807) is 12.1 Å². The molecule has 0 atom stereocenters. The maximum Gasteiger partial charge on any atom is 0.133 e. The third-order valence-electron chi connectivity index (χ3n) is 3.54. The van der Waals surface area contributed by atoms with Crippen LogP contribution in [0.1, 0.15) is 25.7 Å². The van der Waals surface area contributed by atoms with E-state index >= 15 is 0 Å². The minimum Gasteiger partial charge on any atom is -0.399 e. The number of rotatable bonds is 5. The fraction of sp³-hybridized carbons (Fsp3) is 0.615. The van der Waals surface area contributed by atoms with E-state index in [1.807, 2.05) is 0 Å². The van der Waals surface area contributed by atoms with Crippen molar-refractivity contribution in [2.75, 3.05) is 31.2 Å². The van der Waals surface area contributed by atoms with Gasteiger partial charge in [-0.3, -0.25) is 0 Å². The van der Waals surface area contributed by atoms with Gasteiger partial charge in [-0.2, -0.15) is 0 Å². The molecule has 1 aromatic rings. The molecule has 0 saturated heterocycles. The Labute approximate surface area is 114 Å². The summed E-state index contributed by atoms with van der Waals surface area (Å²) >= 11 is 5.85. The number of aromatic nitrogens is 1. The lowest BCUT2D eigenvalue weighted by Gasteiger charge is -2.24. The summed E-state index contributed by atoms with van der Waals surface area (Å²) in [6, 6.07) is 4.21. The molecule has 1 aromatic heterocycles. The Morgan fingerprint density at radius 3 is 2.83 bits per heavy atom. The van der Waals surface area contributed by atoms with Crippen LogP contribution in [0, 0.1) is 0 Å². The Kier molecular flexibility index (Phi) is 4.66. The smallest absolute Gasteiger partial charge is 0.133 e. The van der Waals surface area contributed by atoms with E-state index in [1.165, 1.54) is 25.7 Å². The molecular formula is C13H21ClN4.